The van der Waals surface area contributed by atoms with E-state index in [1.54, 1.807) is 0 Å². The lowest BCUT2D eigenvalue weighted by molar-refractivity contribution is 0.959. The molecular weight excluding hydrogens is 609 g/mol. The van der Waals surface area contributed by atoms with E-state index in [0.717, 1.165) is 44.8 Å². The Morgan fingerprint density at radius 1 is 0.340 bits per heavy atom. The summed E-state index contributed by atoms with van der Waals surface area (Å²) in [7, 11) is 4.21. The molecule has 0 aliphatic rings. The van der Waals surface area contributed by atoms with E-state index in [2.05, 4.69) is 181 Å². The van der Waals surface area contributed by atoms with Gasteiger partial charge in [-0.1, -0.05) is 146 Å². The number of benzene rings is 8. The van der Waals surface area contributed by atoms with Crippen LogP contribution in [0.1, 0.15) is 0 Å². The molecule has 0 atom stereocenters. The van der Waals surface area contributed by atoms with E-state index in [1.165, 1.54) is 54.6 Å². The summed E-state index contributed by atoms with van der Waals surface area (Å²) in [5.74, 6) is 1.94. The van der Waals surface area contributed by atoms with Gasteiger partial charge in [-0.05, 0) is 55.9 Å². The SMILES string of the molecule is Cn1c(-c2ccc(-c3cccc4c(-c5ccc(-c6nc7c8ccccc8ccc7n6C)cc5)cccc34)cc2)nc2c3ccccc3ccc21. The highest BCUT2D eigenvalue weighted by molar-refractivity contribution is 6.07. The molecule has 0 aliphatic heterocycles. The summed E-state index contributed by atoms with van der Waals surface area (Å²) in [6, 6.07) is 56.6. The van der Waals surface area contributed by atoms with Gasteiger partial charge >= 0.3 is 0 Å². The van der Waals surface area contributed by atoms with Crippen molar-refractivity contribution < 1.29 is 0 Å². The molecule has 0 fully saturated rings. The van der Waals surface area contributed by atoms with Gasteiger partial charge in [-0.15, -0.1) is 0 Å². The topological polar surface area (TPSA) is 35.6 Å². The van der Waals surface area contributed by atoms with Crippen molar-refractivity contribution in [2.24, 2.45) is 14.1 Å². The monoisotopic (exact) mass is 640 g/mol. The average Bonchev–Trinajstić information content (AvgIpc) is 3.71. The van der Waals surface area contributed by atoms with Crippen LogP contribution in [0.4, 0.5) is 0 Å². The van der Waals surface area contributed by atoms with Gasteiger partial charge in [0.25, 0.3) is 0 Å². The summed E-state index contributed by atoms with van der Waals surface area (Å²) >= 11 is 0. The predicted molar refractivity (Wildman–Crippen MR) is 209 cm³/mol. The Labute approximate surface area is 289 Å². The van der Waals surface area contributed by atoms with Gasteiger partial charge < -0.3 is 9.13 Å². The quantitative estimate of drug-likeness (QED) is 0.192. The normalized spacial score (nSPS) is 11.8. The standard InChI is InChI=1S/C46H32N4/c1-49-41-27-25-29-9-3-5-11-37(29)43(41)47-45(49)33-21-17-31(18-22-33)35-13-7-16-40-36(14-8-15-39(35)40)32-19-23-34(24-20-32)46-48-44-38-12-6-4-10-30(38)26-28-42(44)50(46)2/h3-28H,1-2H3. The minimum Gasteiger partial charge on any atom is -0.327 e. The highest BCUT2D eigenvalue weighted by atomic mass is 15.1. The van der Waals surface area contributed by atoms with Crippen LogP contribution in [-0.4, -0.2) is 19.1 Å². The Balaban J connectivity index is 1.000. The van der Waals surface area contributed by atoms with Crippen LogP contribution in [0.2, 0.25) is 0 Å². The number of aromatic nitrogens is 4. The molecule has 0 bridgehead atoms. The molecule has 4 heteroatoms. The van der Waals surface area contributed by atoms with Gasteiger partial charge in [0, 0.05) is 36.0 Å². The Hall–Kier alpha value is -6.52. The van der Waals surface area contributed by atoms with E-state index in [0.29, 0.717) is 0 Å². The van der Waals surface area contributed by atoms with Gasteiger partial charge in [-0.2, -0.15) is 0 Å². The lowest BCUT2D eigenvalue weighted by Crippen LogP contribution is -1.93. The van der Waals surface area contributed by atoms with Crippen LogP contribution >= 0.6 is 0 Å². The molecule has 0 amide bonds. The van der Waals surface area contributed by atoms with Crippen LogP contribution in [0.25, 0.3) is 99.4 Å². The molecule has 0 saturated heterocycles. The lowest BCUT2D eigenvalue weighted by Gasteiger charge is -2.12. The van der Waals surface area contributed by atoms with Crippen LogP contribution in [0.15, 0.2) is 158 Å². The van der Waals surface area contributed by atoms with Crippen molar-refractivity contribution in [2.45, 2.75) is 0 Å². The van der Waals surface area contributed by atoms with Gasteiger partial charge in [-0.25, -0.2) is 9.97 Å². The first-order valence-electron chi connectivity index (χ1n) is 17.0. The number of hydrogen-bond acceptors (Lipinski definition) is 2. The smallest absolute Gasteiger partial charge is 0.140 e. The van der Waals surface area contributed by atoms with Gasteiger partial charge in [0.05, 0.1) is 22.1 Å². The third kappa shape index (κ3) is 4.32. The van der Waals surface area contributed by atoms with Crippen LogP contribution in [-0.2, 0) is 14.1 Å². The fraction of sp³-hybridized carbons (Fsp3) is 0.0435. The summed E-state index contributed by atoms with van der Waals surface area (Å²) in [6.45, 7) is 0. The van der Waals surface area contributed by atoms with Crippen molar-refractivity contribution in [3.05, 3.63) is 158 Å². The molecule has 50 heavy (non-hydrogen) atoms. The molecule has 8 aromatic carbocycles. The molecule has 10 rings (SSSR count). The highest BCUT2D eigenvalue weighted by Crippen LogP contribution is 2.37. The van der Waals surface area contributed by atoms with Gasteiger partial charge in [-0.3, -0.25) is 0 Å². The Morgan fingerprint density at radius 3 is 1.16 bits per heavy atom. The predicted octanol–water partition coefficient (Wildman–Crippen LogP) is 11.6. The van der Waals surface area contributed by atoms with Crippen molar-refractivity contribution >= 4 is 54.4 Å². The number of fused-ring (bicyclic) bond motifs is 7. The van der Waals surface area contributed by atoms with Crippen molar-refractivity contribution in [2.75, 3.05) is 0 Å². The largest absolute Gasteiger partial charge is 0.327 e. The second kappa shape index (κ2) is 11.0. The van der Waals surface area contributed by atoms with E-state index >= 15 is 0 Å². The fourth-order valence-corrected chi connectivity index (χ4v) is 7.78. The Bertz CT molecular complexity index is 2720. The van der Waals surface area contributed by atoms with E-state index in [1.807, 2.05) is 0 Å². The molecule has 10 aromatic rings. The van der Waals surface area contributed by atoms with Gasteiger partial charge in [0.15, 0.2) is 0 Å². The van der Waals surface area contributed by atoms with Gasteiger partial charge in [0.1, 0.15) is 11.6 Å². The molecule has 0 aliphatic carbocycles. The number of aryl methyl sites for hydroxylation is 2. The molecule has 0 saturated carbocycles. The third-order valence-corrected chi connectivity index (χ3v) is 10.4. The first-order valence-corrected chi connectivity index (χ1v) is 17.0. The van der Waals surface area contributed by atoms with Crippen LogP contribution in [0.5, 0.6) is 0 Å². The van der Waals surface area contributed by atoms with E-state index in [9.17, 15) is 0 Å². The summed E-state index contributed by atoms with van der Waals surface area (Å²) in [5.41, 5.74) is 11.4. The second-order valence-corrected chi connectivity index (χ2v) is 13.2. The average molecular weight is 641 g/mol. The molecule has 0 N–H and O–H groups in total. The van der Waals surface area contributed by atoms with Crippen LogP contribution in [0, 0.1) is 0 Å². The minimum atomic E-state index is 0.971. The zero-order chi connectivity index (χ0) is 33.3. The first-order chi connectivity index (χ1) is 24.6. The highest BCUT2D eigenvalue weighted by Gasteiger charge is 2.15. The maximum atomic E-state index is 5.12. The molecule has 0 spiro atoms. The number of rotatable bonds is 4. The molecular formula is C46H32N4. The zero-order valence-electron chi connectivity index (χ0n) is 27.8. The molecule has 2 heterocycles. The molecule has 0 unspecified atom stereocenters. The maximum Gasteiger partial charge on any atom is 0.140 e. The molecule has 236 valence electrons. The fourth-order valence-electron chi connectivity index (χ4n) is 7.78. The second-order valence-electron chi connectivity index (χ2n) is 13.2. The molecule has 2 aromatic heterocycles. The minimum absolute atomic E-state index is 0.971. The zero-order valence-corrected chi connectivity index (χ0v) is 27.8. The van der Waals surface area contributed by atoms with E-state index in [4.69, 9.17) is 9.97 Å². The number of imidazole rings is 2. The van der Waals surface area contributed by atoms with Crippen molar-refractivity contribution in [1.29, 1.82) is 0 Å². The molecule has 0 radical (unpaired) electrons. The maximum absolute atomic E-state index is 5.12. The van der Waals surface area contributed by atoms with Gasteiger partial charge in [0.2, 0.25) is 0 Å². The Kier molecular flexibility index (Phi) is 6.27. The summed E-state index contributed by atoms with van der Waals surface area (Å²) < 4.78 is 4.40. The molecule has 4 nitrogen and oxygen atoms in total. The lowest BCUT2D eigenvalue weighted by atomic mass is 9.92. The van der Waals surface area contributed by atoms with Crippen LogP contribution < -0.4 is 0 Å². The van der Waals surface area contributed by atoms with E-state index < -0.39 is 0 Å². The number of nitrogens with zero attached hydrogens (tertiary/aromatic N) is 4. The summed E-state index contributed by atoms with van der Waals surface area (Å²) in [5, 5.41) is 7.26. The first kappa shape index (κ1) is 28.5. The van der Waals surface area contributed by atoms with Crippen molar-refractivity contribution in [3.63, 3.8) is 0 Å². The third-order valence-electron chi connectivity index (χ3n) is 10.4. The number of hydrogen-bond donors (Lipinski definition) is 0. The van der Waals surface area contributed by atoms with E-state index in [-0.39, 0.29) is 0 Å². The Morgan fingerprint density at radius 2 is 0.720 bits per heavy atom. The van der Waals surface area contributed by atoms with Crippen molar-refractivity contribution in [3.8, 4) is 45.0 Å². The summed E-state index contributed by atoms with van der Waals surface area (Å²) in [4.78, 5) is 10.2. The summed E-state index contributed by atoms with van der Waals surface area (Å²) in [6.07, 6.45) is 0. The van der Waals surface area contributed by atoms with Crippen LogP contribution in [0.3, 0.4) is 0 Å². The van der Waals surface area contributed by atoms with Crippen molar-refractivity contribution in [1.82, 2.24) is 19.1 Å².